The summed E-state index contributed by atoms with van der Waals surface area (Å²) in [4.78, 5) is 30.3. The van der Waals surface area contributed by atoms with Gasteiger partial charge in [-0.3, -0.25) is 14.5 Å². The minimum Gasteiger partial charge on any atom is -0.503 e. The van der Waals surface area contributed by atoms with Gasteiger partial charge in [-0.2, -0.15) is 0 Å². The van der Waals surface area contributed by atoms with Gasteiger partial charge >= 0.3 is 0 Å². The first kappa shape index (κ1) is 18.0. The number of ether oxygens (including phenoxy) is 1. The van der Waals surface area contributed by atoms with Crippen LogP contribution >= 0.6 is 11.3 Å². The van der Waals surface area contributed by atoms with E-state index in [0.29, 0.717) is 26.3 Å². The van der Waals surface area contributed by atoms with Gasteiger partial charge in [0.15, 0.2) is 11.5 Å². The lowest BCUT2D eigenvalue weighted by molar-refractivity contribution is -0.129. The van der Waals surface area contributed by atoms with Crippen LogP contribution in [0.25, 0.3) is 0 Å². The highest BCUT2D eigenvalue weighted by Gasteiger charge is 2.44. The van der Waals surface area contributed by atoms with Gasteiger partial charge in [0.1, 0.15) is 0 Å². The number of rotatable bonds is 6. The molecule has 2 aliphatic heterocycles. The Balaban J connectivity index is 1.62. The molecule has 4 heterocycles. The van der Waals surface area contributed by atoms with Gasteiger partial charge in [0.05, 0.1) is 31.1 Å². The van der Waals surface area contributed by atoms with Crippen LogP contribution in [0.2, 0.25) is 0 Å². The van der Waals surface area contributed by atoms with Crippen molar-refractivity contribution < 1.29 is 23.8 Å². The number of hydrogen-bond donors (Lipinski definition) is 1. The standard InChI is InChI=1S/C19H20N2O5S/c22-17(13-3-1-9-26-13)15-16(14-4-2-12-27-14)21(19(24)18(15)23)6-5-20-7-10-25-11-8-20/h1-4,9,12,16,23H,5-8,10-11H2/t16-/m0/s1. The third kappa shape index (κ3) is 3.43. The number of furan rings is 1. The van der Waals surface area contributed by atoms with Gasteiger partial charge < -0.3 is 19.2 Å². The molecule has 2 aromatic rings. The van der Waals surface area contributed by atoms with Crippen molar-refractivity contribution in [3.8, 4) is 0 Å². The van der Waals surface area contributed by atoms with Crippen LogP contribution in [0.15, 0.2) is 51.7 Å². The Morgan fingerprint density at radius 1 is 1.22 bits per heavy atom. The van der Waals surface area contributed by atoms with Crippen molar-refractivity contribution in [1.82, 2.24) is 9.80 Å². The molecule has 0 bridgehead atoms. The lowest BCUT2D eigenvalue weighted by atomic mass is 10.0. The SMILES string of the molecule is O=C(C1=C(O)C(=O)N(CCN2CCOCC2)[C@H]1c1cccs1)c1ccco1. The Labute approximate surface area is 160 Å². The summed E-state index contributed by atoms with van der Waals surface area (Å²) >= 11 is 1.45. The highest BCUT2D eigenvalue weighted by molar-refractivity contribution is 7.10. The van der Waals surface area contributed by atoms with Crippen LogP contribution in [0.1, 0.15) is 21.5 Å². The zero-order valence-corrected chi connectivity index (χ0v) is 15.5. The summed E-state index contributed by atoms with van der Waals surface area (Å²) in [6.07, 6.45) is 1.40. The van der Waals surface area contributed by atoms with Crippen LogP contribution in [0.3, 0.4) is 0 Å². The summed E-state index contributed by atoms with van der Waals surface area (Å²) in [6, 6.07) is 6.29. The average molecular weight is 388 g/mol. The molecule has 0 aliphatic carbocycles. The molecule has 4 rings (SSSR count). The highest BCUT2D eigenvalue weighted by Crippen LogP contribution is 2.40. The zero-order valence-electron chi connectivity index (χ0n) is 14.7. The van der Waals surface area contributed by atoms with Crippen molar-refractivity contribution >= 4 is 23.0 Å². The lowest BCUT2D eigenvalue weighted by Gasteiger charge is -2.31. The number of carbonyl (C=O) groups excluding carboxylic acids is 2. The molecular weight excluding hydrogens is 368 g/mol. The average Bonchev–Trinajstić information content (AvgIpc) is 3.43. The molecule has 1 saturated heterocycles. The Hall–Kier alpha value is -2.42. The fourth-order valence-electron chi connectivity index (χ4n) is 3.47. The van der Waals surface area contributed by atoms with E-state index in [4.69, 9.17) is 9.15 Å². The smallest absolute Gasteiger partial charge is 0.290 e. The number of aliphatic hydroxyl groups is 1. The van der Waals surface area contributed by atoms with E-state index in [2.05, 4.69) is 4.90 Å². The molecule has 0 radical (unpaired) electrons. The molecular formula is C19H20N2O5S. The van der Waals surface area contributed by atoms with Gasteiger partial charge in [-0.25, -0.2) is 0 Å². The number of nitrogens with zero attached hydrogens (tertiary/aromatic N) is 2. The summed E-state index contributed by atoms with van der Waals surface area (Å²) in [6.45, 7) is 4.04. The number of thiophene rings is 1. The number of Topliss-reactive ketones (excluding diaryl/α,β-unsaturated/α-hetero) is 1. The van der Waals surface area contributed by atoms with E-state index in [0.717, 1.165) is 18.0 Å². The Morgan fingerprint density at radius 2 is 2.04 bits per heavy atom. The topological polar surface area (TPSA) is 83.2 Å². The Morgan fingerprint density at radius 3 is 2.70 bits per heavy atom. The summed E-state index contributed by atoms with van der Waals surface area (Å²) in [7, 11) is 0. The molecule has 1 N–H and O–H groups in total. The quantitative estimate of drug-likeness (QED) is 0.765. The van der Waals surface area contributed by atoms with Crippen LogP contribution in [0, 0.1) is 0 Å². The fourth-order valence-corrected chi connectivity index (χ4v) is 4.32. The van der Waals surface area contributed by atoms with E-state index in [9.17, 15) is 14.7 Å². The van der Waals surface area contributed by atoms with E-state index in [1.807, 2.05) is 17.5 Å². The minimum atomic E-state index is -0.601. The molecule has 7 nitrogen and oxygen atoms in total. The summed E-state index contributed by atoms with van der Waals surface area (Å²) in [5, 5.41) is 12.4. The summed E-state index contributed by atoms with van der Waals surface area (Å²) in [5.41, 5.74) is 0.0828. The molecule has 1 amide bonds. The number of carbonyl (C=O) groups is 2. The molecule has 1 atom stereocenters. The maximum Gasteiger partial charge on any atom is 0.290 e. The van der Waals surface area contributed by atoms with Gasteiger partial charge in [0.25, 0.3) is 5.91 Å². The third-order valence-electron chi connectivity index (χ3n) is 4.87. The number of aliphatic hydroxyl groups excluding tert-OH is 1. The monoisotopic (exact) mass is 388 g/mol. The van der Waals surface area contributed by atoms with Crippen LogP contribution in [0.4, 0.5) is 0 Å². The van der Waals surface area contributed by atoms with E-state index >= 15 is 0 Å². The number of hydrogen-bond acceptors (Lipinski definition) is 7. The van der Waals surface area contributed by atoms with Crippen molar-refractivity contribution in [3.63, 3.8) is 0 Å². The summed E-state index contributed by atoms with van der Waals surface area (Å²) < 4.78 is 10.6. The van der Waals surface area contributed by atoms with Crippen LogP contribution in [-0.2, 0) is 9.53 Å². The molecule has 0 unspecified atom stereocenters. The molecule has 2 aromatic heterocycles. The molecule has 0 saturated carbocycles. The molecule has 0 spiro atoms. The van der Waals surface area contributed by atoms with Crippen LogP contribution in [-0.4, -0.2) is 66.0 Å². The number of amides is 1. The lowest BCUT2D eigenvalue weighted by Crippen LogP contribution is -2.43. The maximum absolute atomic E-state index is 12.9. The van der Waals surface area contributed by atoms with Gasteiger partial charge in [-0.1, -0.05) is 6.07 Å². The second-order valence-corrected chi connectivity index (χ2v) is 7.42. The molecule has 0 aromatic carbocycles. The van der Waals surface area contributed by atoms with E-state index in [-0.39, 0.29) is 11.3 Å². The van der Waals surface area contributed by atoms with Gasteiger partial charge in [-0.05, 0) is 23.6 Å². The molecule has 142 valence electrons. The second-order valence-electron chi connectivity index (χ2n) is 6.44. The Bertz CT molecular complexity index is 838. The predicted octanol–water partition coefficient (Wildman–Crippen LogP) is 2.25. The molecule has 2 aliphatic rings. The molecule has 8 heteroatoms. The van der Waals surface area contributed by atoms with Crippen molar-refractivity contribution in [3.05, 3.63) is 57.9 Å². The second kappa shape index (κ2) is 7.67. The van der Waals surface area contributed by atoms with Crippen molar-refractivity contribution in [2.24, 2.45) is 0 Å². The fraction of sp³-hybridized carbons (Fsp3) is 0.368. The molecule has 27 heavy (non-hydrogen) atoms. The number of morpholine rings is 1. The first-order valence-electron chi connectivity index (χ1n) is 8.82. The van der Waals surface area contributed by atoms with E-state index < -0.39 is 23.5 Å². The van der Waals surface area contributed by atoms with Crippen molar-refractivity contribution in [1.29, 1.82) is 0 Å². The van der Waals surface area contributed by atoms with Crippen molar-refractivity contribution in [2.75, 3.05) is 39.4 Å². The van der Waals surface area contributed by atoms with Crippen LogP contribution in [0.5, 0.6) is 0 Å². The molecule has 1 fully saturated rings. The van der Waals surface area contributed by atoms with E-state index in [1.165, 1.54) is 23.7 Å². The first-order chi connectivity index (χ1) is 13.2. The Kier molecular flexibility index (Phi) is 5.11. The van der Waals surface area contributed by atoms with Gasteiger partial charge in [-0.15, -0.1) is 11.3 Å². The van der Waals surface area contributed by atoms with E-state index in [1.54, 1.807) is 11.0 Å². The summed E-state index contributed by atoms with van der Waals surface area (Å²) in [5.74, 6) is -1.35. The maximum atomic E-state index is 12.9. The largest absolute Gasteiger partial charge is 0.503 e. The van der Waals surface area contributed by atoms with Gasteiger partial charge in [0.2, 0.25) is 5.78 Å². The van der Waals surface area contributed by atoms with Crippen molar-refractivity contribution in [2.45, 2.75) is 6.04 Å². The number of ketones is 1. The first-order valence-corrected chi connectivity index (χ1v) is 9.70. The third-order valence-corrected chi connectivity index (χ3v) is 5.79. The highest BCUT2D eigenvalue weighted by atomic mass is 32.1. The van der Waals surface area contributed by atoms with Gasteiger partial charge in [0, 0.05) is 31.1 Å². The normalized spacial score (nSPS) is 21.3. The predicted molar refractivity (Wildman–Crippen MR) is 98.7 cm³/mol. The minimum absolute atomic E-state index is 0.0828. The van der Waals surface area contributed by atoms with Crippen LogP contribution < -0.4 is 0 Å². The zero-order chi connectivity index (χ0) is 18.8.